The summed E-state index contributed by atoms with van der Waals surface area (Å²) in [6.45, 7) is 9.60. The summed E-state index contributed by atoms with van der Waals surface area (Å²) in [6, 6.07) is 7.27. The Morgan fingerprint density at radius 2 is 2.04 bits per heavy atom. The van der Waals surface area contributed by atoms with Gasteiger partial charge in [0.2, 0.25) is 5.91 Å². The number of ether oxygens (including phenoxy) is 1. The average Bonchev–Trinajstić information content (AvgIpc) is 2.80. The number of nitrogens with one attached hydrogen (secondary N) is 1. The Balaban J connectivity index is 2.17. The highest BCUT2D eigenvalue weighted by Gasteiger charge is 2.22. The molecule has 0 radical (unpaired) electrons. The molecule has 1 heterocycles. The van der Waals surface area contributed by atoms with Gasteiger partial charge in [-0.3, -0.25) is 9.48 Å². The Morgan fingerprint density at radius 1 is 1.33 bits per heavy atom. The van der Waals surface area contributed by atoms with E-state index in [1.807, 2.05) is 26.0 Å². The molecule has 0 spiro atoms. The van der Waals surface area contributed by atoms with E-state index in [1.54, 1.807) is 30.7 Å². The van der Waals surface area contributed by atoms with Crippen molar-refractivity contribution in [1.29, 1.82) is 0 Å². The SMILES string of the molecule is CCn1nc(C)c(C(=O)OC(C)c2cccc(NC(C)=O)c2)c1C. The molecule has 0 saturated carbocycles. The molecular formula is C18H23N3O3. The molecule has 2 rings (SSSR count). The van der Waals surface area contributed by atoms with Gasteiger partial charge in [-0.25, -0.2) is 4.79 Å². The third kappa shape index (κ3) is 3.82. The first kappa shape index (κ1) is 17.7. The highest BCUT2D eigenvalue weighted by Crippen LogP contribution is 2.23. The fourth-order valence-corrected chi connectivity index (χ4v) is 2.66. The van der Waals surface area contributed by atoms with E-state index in [0.717, 1.165) is 11.3 Å². The lowest BCUT2D eigenvalue weighted by atomic mass is 10.1. The van der Waals surface area contributed by atoms with Gasteiger partial charge in [-0.2, -0.15) is 5.10 Å². The third-order valence-electron chi connectivity index (χ3n) is 3.85. The predicted octanol–water partition coefficient (Wildman–Crippen LogP) is 3.40. The van der Waals surface area contributed by atoms with Gasteiger partial charge in [-0.1, -0.05) is 12.1 Å². The number of aromatic nitrogens is 2. The summed E-state index contributed by atoms with van der Waals surface area (Å²) in [5.41, 5.74) is 3.47. The molecule has 128 valence electrons. The van der Waals surface area contributed by atoms with Crippen LogP contribution in [-0.2, 0) is 16.1 Å². The normalized spacial score (nSPS) is 11.9. The molecule has 6 heteroatoms. The van der Waals surface area contributed by atoms with E-state index in [0.29, 0.717) is 23.5 Å². The van der Waals surface area contributed by atoms with Crippen molar-refractivity contribution in [2.45, 2.75) is 47.3 Å². The summed E-state index contributed by atoms with van der Waals surface area (Å²) >= 11 is 0. The Bertz CT molecular complexity index is 765. The Morgan fingerprint density at radius 3 is 2.62 bits per heavy atom. The fourth-order valence-electron chi connectivity index (χ4n) is 2.66. The molecule has 0 aliphatic rings. The van der Waals surface area contributed by atoms with Crippen molar-refractivity contribution in [3.8, 4) is 0 Å². The van der Waals surface area contributed by atoms with E-state index in [2.05, 4.69) is 10.4 Å². The number of carbonyl (C=O) groups excluding carboxylic acids is 2. The van der Waals surface area contributed by atoms with Gasteiger partial charge in [-0.05, 0) is 45.4 Å². The fraction of sp³-hybridized carbons (Fsp3) is 0.389. The van der Waals surface area contributed by atoms with Gasteiger partial charge in [0, 0.05) is 19.2 Å². The topological polar surface area (TPSA) is 73.2 Å². The third-order valence-corrected chi connectivity index (χ3v) is 3.85. The highest BCUT2D eigenvalue weighted by atomic mass is 16.5. The van der Waals surface area contributed by atoms with Gasteiger partial charge in [0.15, 0.2) is 0 Å². The standard InChI is InChI=1S/C18H23N3O3/c1-6-21-12(3)17(11(2)20-21)18(23)24-13(4)15-8-7-9-16(10-15)19-14(5)22/h7-10,13H,6H2,1-5H3,(H,19,22). The van der Waals surface area contributed by atoms with Crippen molar-refractivity contribution in [1.82, 2.24) is 9.78 Å². The van der Waals surface area contributed by atoms with Crippen molar-refractivity contribution < 1.29 is 14.3 Å². The molecule has 0 saturated heterocycles. The maximum Gasteiger partial charge on any atom is 0.342 e. The lowest BCUT2D eigenvalue weighted by Gasteiger charge is -2.15. The van der Waals surface area contributed by atoms with E-state index in [9.17, 15) is 9.59 Å². The van der Waals surface area contributed by atoms with Crippen LogP contribution in [0.1, 0.15) is 54.2 Å². The number of carbonyl (C=O) groups is 2. The highest BCUT2D eigenvalue weighted by molar-refractivity contribution is 5.92. The lowest BCUT2D eigenvalue weighted by Crippen LogP contribution is -2.12. The number of anilines is 1. The zero-order valence-electron chi connectivity index (χ0n) is 14.7. The van der Waals surface area contributed by atoms with Crippen LogP contribution < -0.4 is 5.32 Å². The summed E-state index contributed by atoms with van der Waals surface area (Å²) < 4.78 is 7.38. The molecule has 0 bridgehead atoms. The molecule has 1 N–H and O–H groups in total. The first-order valence-corrected chi connectivity index (χ1v) is 7.96. The van der Waals surface area contributed by atoms with E-state index < -0.39 is 6.10 Å². The van der Waals surface area contributed by atoms with Gasteiger partial charge in [0.1, 0.15) is 11.7 Å². The number of hydrogen-bond acceptors (Lipinski definition) is 4. The Kier molecular flexibility index (Phi) is 5.39. The van der Waals surface area contributed by atoms with Gasteiger partial charge in [-0.15, -0.1) is 0 Å². The van der Waals surface area contributed by atoms with Crippen LogP contribution in [0.15, 0.2) is 24.3 Å². The molecule has 0 aliphatic carbocycles. The van der Waals surface area contributed by atoms with E-state index in [-0.39, 0.29) is 11.9 Å². The van der Waals surface area contributed by atoms with Crippen LogP contribution in [0.4, 0.5) is 5.69 Å². The van der Waals surface area contributed by atoms with Gasteiger partial charge >= 0.3 is 5.97 Å². The van der Waals surface area contributed by atoms with Crippen LogP contribution in [0.5, 0.6) is 0 Å². The number of aryl methyl sites for hydroxylation is 2. The van der Waals surface area contributed by atoms with Crippen molar-refractivity contribution in [3.05, 3.63) is 46.8 Å². The Labute approximate surface area is 141 Å². The summed E-state index contributed by atoms with van der Waals surface area (Å²) in [6.07, 6.45) is -0.435. The molecule has 1 aromatic heterocycles. The summed E-state index contributed by atoms with van der Waals surface area (Å²) in [7, 11) is 0. The largest absolute Gasteiger partial charge is 0.454 e. The lowest BCUT2D eigenvalue weighted by molar-refractivity contribution is -0.114. The number of nitrogens with zero attached hydrogens (tertiary/aromatic N) is 2. The Hall–Kier alpha value is -2.63. The summed E-state index contributed by atoms with van der Waals surface area (Å²) in [5, 5.41) is 7.07. The first-order valence-electron chi connectivity index (χ1n) is 7.96. The van der Waals surface area contributed by atoms with E-state index in [1.165, 1.54) is 6.92 Å². The minimum atomic E-state index is -0.435. The van der Waals surface area contributed by atoms with E-state index in [4.69, 9.17) is 4.74 Å². The molecular weight excluding hydrogens is 306 g/mol. The molecule has 24 heavy (non-hydrogen) atoms. The van der Waals surface area contributed by atoms with Crippen LogP contribution in [0.2, 0.25) is 0 Å². The molecule has 1 unspecified atom stereocenters. The number of esters is 1. The zero-order chi connectivity index (χ0) is 17.9. The van der Waals surface area contributed by atoms with Crippen molar-refractivity contribution >= 4 is 17.6 Å². The molecule has 0 aliphatic heterocycles. The van der Waals surface area contributed by atoms with Crippen LogP contribution in [0.25, 0.3) is 0 Å². The van der Waals surface area contributed by atoms with Crippen molar-refractivity contribution in [2.24, 2.45) is 0 Å². The van der Waals surface area contributed by atoms with E-state index >= 15 is 0 Å². The van der Waals surface area contributed by atoms with Crippen LogP contribution in [0, 0.1) is 13.8 Å². The summed E-state index contributed by atoms with van der Waals surface area (Å²) in [4.78, 5) is 23.7. The van der Waals surface area contributed by atoms with Crippen LogP contribution in [0.3, 0.4) is 0 Å². The molecule has 1 amide bonds. The smallest absolute Gasteiger partial charge is 0.342 e. The maximum absolute atomic E-state index is 12.5. The van der Waals surface area contributed by atoms with Crippen LogP contribution >= 0.6 is 0 Å². The summed E-state index contributed by atoms with van der Waals surface area (Å²) in [5.74, 6) is -0.530. The minimum Gasteiger partial charge on any atom is -0.454 e. The first-order chi connectivity index (χ1) is 11.3. The van der Waals surface area contributed by atoms with Gasteiger partial charge in [0.05, 0.1) is 11.4 Å². The van der Waals surface area contributed by atoms with Gasteiger partial charge in [0.25, 0.3) is 0 Å². The number of rotatable bonds is 5. The molecule has 1 atom stereocenters. The molecule has 2 aromatic rings. The van der Waals surface area contributed by atoms with Crippen molar-refractivity contribution in [2.75, 3.05) is 5.32 Å². The predicted molar refractivity (Wildman–Crippen MR) is 92.0 cm³/mol. The number of benzene rings is 1. The second-order valence-electron chi connectivity index (χ2n) is 5.72. The molecule has 6 nitrogen and oxygen atoms in total. The van der Waals surface area contributed by atoms with Gasteiger partial charge < -0.3 is 10.1 Å². The van der Waals surface area contributed by atoms with Crippen molar-refractivity contribution in [3.63, 3.8) is 0 Å². The second kappa shape index (κ2) is 7.29. The monoisotopic (exact) mass is 329 g/mol. The average molecular weight is 329 g/mol. The quantitative estimate of drug-likeness (QED) is 0.853. The molecule has 0 fully saturated rings. The number of hydrogen-bond donors (Lipinski definition) is 1. The number of amides is 1. The second-order valence-corrected chi connectivity index (χ2v) is 5.72. The molecule has 1 aromatic carbocycles. The van der Waals surface area contributed by atoms with Crippen LogP contribution in [-0.4, -0.2) is 21.7 Å². The maximum atomic E-state index is 12.5. The zero-order valence-corrected chi connectivity index (χ0v) is 14.7. The minimum absolute atomic E-state index is 0.143.